The molecule has 1 unspecified atom stereocenters. The standard InChI is InChI=1S/C21H33N5S/c1-24-9-11-25(12-10-24)15-18-16-26-8-7-17(18)13-20(26)14-22-21(27)23-19-5-3-2-4-6-19/h2-6,17-18,20H,7-16H2,1H3,(H2,22,23,27)/t17-,18-,20+/m0/s1. The lowest BCUT2D eigenvalue weighted by molar-refractivity contribution is -0.0151. The van der Waals surface area contributed by atoms with Gasteiger partial charge in [0.25, 0.3) is 0 Å². The van der Waals surface area contributed by atoms with Crippen LogP contribution in [0.15, 0.2) is 30.3 Å². The Morgan fingerprint density at radius 1 is 1.11 bits per heavy atom. The van der Waals surface area contributed by atoms with Crippen LogP contribution < -0.4 is 10.6 Å². The molecule has 5 nitrogen and oxygen atoms in total. The van der Waals surface area contributed by atoms with Crippen molar-refractivity contribution in [3.8, 4) is 0 Å². The van der Waals surface area contributed by atoms with Crippen LogP contribution in [-0.4, -0.2) is 85.3 Å². The average molecular weight is 388 g/mol. The van der Waals surface area contributed by atoms with E-state index in [0.29, 0.717) is 6.04 Å². The number of likely N-dealkylation sites (N-methyl/N-ethyl adjacent to an activating group) is 1. The number of para-hydroxylation sites is 1. The fraction of sp³-hybridized carbons (Fsp3) is 0.667. The predicted octanol–water partition coefficient (Wildman–Crippen LogP) is 1.93. The van der Waals surface area contributed by atoms with Gasteiger partial charge in [0.1, 0.15) is 0 Å². The lowest BCUT2D eigenvalue weighted by Gasteiger charge is -2.51. The van der Waals surface area contributed by atoms with E-state index in [1.54, 1.807) is 0 Å². The van der Waals surface area contributed by atoms with Crippen molar-refractivity contribution in [3.05, 3.63) is 30.3 Å². The van der Waals surface area contributed by atoms with Gasteiger partial charge in [-0.15, -0.1) is 0 Å². The van der Waals surface area contributed by atoms with E-state index in [1.807, 2.05) is 30.3 Å². The number of hydrogen-bond acceptors (Lipinski definition) is 4. The van der Waals surface area contributed by atoms with Crippen LogP contribution in [0.5, 0.6) is 0 Å². The zero-order valence-electron chi connectivity index (χ0n) is 16.4. The van der Waals surface area contributed by atoms with Crippen LogP contribution in [0.3, 0.4) is 0 Å². The molecule has 4 fully saturated rings. The average Bonchev–Trinajstić information content (AvgIpc) is 2.70. The van der Waals surface area contributed by atoms with Crippen LogP contribution in [0.25, 0.3) is 0 Å². The Morgan fingerprint density at radius 3 is 2.59 bits per heavy atom. The summed E-state index contributed by atoms with van der Waals surface area (Å²) in [4.78, 5) is 7.85. The number of nitrogens with one attached hydrogen (secondary N) is 2. The first kappa shape index (κ1) is 19.1. The molecule has 4 saturated heterocycles. The summed E-state index contributed by atoms with van der Waals surface area (Å²) in [7, 11) is 2.24. The number of nitrogens with zero attached hydrogens (tertiary/aromatic N) is 3. The second-order valence-corrected chi connectivity index (χ2v) is 8.91. The minimum absolute atomic E-state index is 0.628. The summed E-state index contributed by atoms with van der Waals surface area (Å²) in [5, 5.41) is 7.47. The van der Waals surface area contributed by atoms with Crippen molar-refractivity contribution < 1.29 is 0 Å². The monoisotopic (exact) mass is 387 g/mol. The summed E-state index contributed by atoms with van der Waals surface area (Å²) in [6.07, 6.45) is 2.70. The highest BCUT2D eigenvalue weighted by molar-refractivity contribution is 7.80. The molecule has 6 heteroatoms. The van der Waals surface area contributed by atoms with Gasteiger partial charge in [-0.05, 0) is 62.6 Å². The molecule has 4 atom stereocenters. The highest BCUT2D eigenvalue weighted by atomic mass is 32.1. The van der Waals surface area contributed by atoms with Gasteiger partial charge in [0, 0.05) is 57.5 Å². The number of fused-ring (bicyclic) bond motifs is 3. The SMILES string of the molecule is CN1CCN(C[C@H]2CN3CC[C@H]2C[C@@H]3CNC(=S)Nc2ccccc2)CC1. The molecular weight excluding hydrogens is 354 g/mol. The summed E-state index contributed by atoms with van der Waals surface area (Å²) < 4.78 is 0. The molecule has 27 heavy (non-hydrogen) atoms. The minimum atomic E-state index is 0.628. The number of hydrogen-bond donors (Lipinski definition) is 2. The Hall–Kier alpha value is -1.21. The molecule has 4 aliphatic heterocycles. The van der Waals surface area contributed by atoms with Gasteiger partial charge in [-0.1, -0.05) is 18.2 Å². The summed E-state index contributed by atoms with van der Waals surface area (Å²) in [5.74, 6) is 1.74. The number of thiocarbonyl (C=S) groups is 1. The van der Waals surface area contributed by atoms with Crippen LogP contribution >= 0.6 is 12.2 Å². The largest absolute Gasteiger partial charge is 0.361 e. The molecule has 5 rings (SSSR count). The Kier molecular flexibility index (Phi) is 6.28. The molecule has 1 aromatic carbocycles. The van der Waals surface area contributed by atoms with E-state index in [9.17, 15) is 0 Å². The topological polar surface area (TPSA) is 33.8 Å². The Bertz CT molecular complexity index is 616. The van der Waals surface area contributed by atoms with E-state index in [0.717, 1.165) is 29.2 Å². The minimum Gasteiger partial charge on any atom is -0.361 e. The molecule has 0 spiro atoms. The molecule has 0 aromatic heterocycles. The van der Waals surface area contributed by atoms with Gasteiger partial charge in [0.2, 0.25) is 0 Å². The second-order valence-electron chi connectivity index (χ2n) is 8.50. The van der Waals surface area contributed by atoms with Crippen LogP contribution in [0.4, 0.5) is 5.69 Å². The molecule has 0 radical (unpaired) electrons. The van der Waals surface area contributed by atoms with Crippen LogP contribution in [0.1, 0.15) is 12.8 Å². The van der Waals surface area contributed by atoms with Gasteiger partial charge in [0.05, 0.1) is 0 Å². The Labute approximate surface area is 169 Å². The van der Waals surface area contributed by atoms with Crippen LogP contribution in [-0.2, 0) is 0 Å². The smallest absolute Gasteiger partial charge is 0.170 e. The first-order valence-corrected chi connectivity index (χ1v) is 10.8. The van der Waals surface area contributed by atoms with Gasteiger partial charge in [-0.3, -0.25) is 4.90 Å². The zero-order chi connectivity index (χ0) is 18.6. The van der Waals surface area contributed by atoms with Gasteiger partial charge in [0.15, 0.2) is 5.11 Å². The molecule has 2 N–H and O–H groups in total. The summed E-state index contributed by atoms with van der Waals surface area (Å²) in [5.41, 5.74) is 1.05. The molecule has 0 aliphatic carbocycles. The second kappa shape index (κ2) is 8.86. The number of piperazine rings is 1. The Balaban J connectivity index is 1.22. The van der Waals surface area contributed by atoms with Crippen molar-refractivity contribution in [2.75, 3.05) is 64.7 Å². The van der Waals surface area contributed by atoms with Crippen molar-refractivity contribution in [3.63, 3.8) is 0 Å². The molecule has 0 amide bonds. The van der Waals surface area contributed by atoms with Gasteiger partial charge < -0.3 is 20.4 Å². The van der Waals surface area contributed by atoms with Crippen molar-refractivity contribution in [1.82, 2.24) is 20.0 Å². The van der Waals surface area contributed by atoms with Gasteiger partial charge >= 0.3 is 0 Å². The lowest BCUT2D eigenvalue weighted by atomic mass is 9.75. The molecule has 1 aromatic rings. The maximum Gasteiger partial charge on any atom is 0.170 e. The fourth-order valence-electron chi connectivity index (χ4n) is 4.94. The molecule has 4 heterocycles. The van der Waals surface area contributed by atoms with Gasteiger partial charge in [-0.2, -0.15) is 0 Å². The maximum atomic E-state index is 5.48. The van der Waals surface area contributed by atoms with E-state index in [-0.39, 0.29) is 0 Å². The molecule has 2 bridgehead atoms. The zero-order valence-corrected chi connectivity index (χ0v) is 17.3. The number of benzene rings is 1. The lowest BCUT2D eigenvalue weighted by Crippen LogP contribution is -2.59. The van der Waals surface area contributed by atoms with Crippen molar-refractivity contribution in [2.45, 2.75) is 18.9 Å². The quantitative estimate of drug-likeness (QED) is 0.752. The van der Waals surface area contributed by atoms with Crippen molar-refractivity contribution >= 4 is 23.0 Å². The third-order valence-electron chi connectivity index (χ3n) is 6.63. The third-order valence-corrected chi connectivity index (χ3v) is 6.88. The van der Waals surface area contributed by atoms with E-state index in [1.165, 1.54) is 58.7 Å². The summed E-state index contributed by atoms with van der Waals surface area (Å²) in [6.45, 7) is 9.70. The van der Waals surface area contributed by atoms with Crippen LogP contribution in [0.2, 0.25) is 0 Å². The van der Waals surface area contributed by atoms with E-state index in [2.05, 4.69) is 32.4 Å². The molecule has 4 aliphatic rings. The van der Waals surface area contributed by atoms with Gasteiger partial charge in [-0.25, -0.2) is 0 Å². The fourth-order valence-corrected chi connectivity index (χ4v) is 5.14. The number of piperidine rings is 3. The maximum absolute atomic E-state index is 5.48. The molecule has 0 saturated carbocycles. The first-order chi connectivity index (χ1) is 13.2. The van der Waals surface area contributed by atoms with E-state index in [4.69, 9.17) is 12.2 Å². The van der Waals surface area contributed by atoms with Crippen molar-refractivity contribution in [1.29, 1.82) is 0 Å². The Morgan fingerprint density at radius 2 is 1.89 bits per heavy atom. The normalized spacial score (nSPS) is 31.6. The molecular formula is C21H33N5S. The first-order valence-electron chi connectivity index (χ1n) is 10.4. The van der Waals surface area contributed by atoms with Crippen LogP contribution in [0, 0.1) is 11.8 Å². The number of anilines is 1. The third kappa shape index (κ3) is 4.99. The van der Waals surface area contributed by atoms with Crippen molar-refractivity contribution in [2.24, 2.45) is 11.8 Å². The van der Waals surface area contributed by atoms with E-state index < -0.39 is 0 Å². The highest BCUT2D eigenvalue weighted by Crippen LogP contribution is 2.36. The summed E-state index contributed by atoms with van der Waals surface area (Å²) >= 11 is 5.48. The number of rotatable bonds is 5. The predicted molar refractivity (Wildman–Crippen MR) is 116 cm³/mol. The summed E-state index contributed by atoms with van der Waals surface area (Å²) in [6, 6.07) is 10.8. The highest BCUT2D eigenvalue weighted by Gasteiger charge is 2.40. The molecule has 148 valence electrons. The van der Waals surface area contributed by atoms with E-state index >= 15 is 0 Å².